The molecule has 2 aromatic rings. The third-order valence-corrected chi connectivity index (χ3v) is 4.39. The summed E-state index contributed by atoms with van der Waals surface area (Å²) in [5, 5.41) is 8.11. The molecule has 0 bridgehead atoms. The van der Waals surface area contributed by atoms with Gasteiger partial charge in [0, 0.05) is 43.4 Å². The molecule has 0 aliphatic heterocycles. The molecule has 1 aliphatic rings. The highest BCUT2D eigenvalue weighted by Gasteiger charge is 2.34. The van der Waals surface area contributed by atoms with Crippen molar-refractivity contribution in [2.24, 2.45) is 12.5 Å². The van der Waals surface area contributed by atoms with E-state index in [0.29, 0.717) is 6.04 Å². The quantitative estimate of drug-likeness (QED) is 0.940. The van der Waals surface area contributed by atoms with Gasteiger partial charge in [-0.15, -0.1) is 0 Å². The van der Waals surface area contributed by atoms with Crippen LogP contribution >= 0.6 is 0 Å². The topological polar surface area (TPSA) is 43.0 Å². The van der Waals surface area contributed by atoms with Crippen molar-refractivity contribution in [1.29, 1.82) is 0 Å². The molecule has 0 amide bonds. The Morgan fingerprint density at radius 2 is 2.19 bits per heavy atom. The first kappa shape index (κ1) is 14.4. The van der Waals surface area contributed by atoms with Gasteiger partial charge in [-0.1, -0.05) is 13.8 Å². The summed E-state index contributed by atoms with van der Waals surface area (Å²) >= 11 is 0. The SMILES string of the molecule is Cc1cc2c(o1)CC(C)(C)CC2NCc1cn(C)nc1C. The molecule has 0 saturated heterocycles. The van der Waals surface area contributed by atoms with Crippen LogP contribution in [0.5, 0.6) is 0 Å². The first-order valence-electron chi connectivity index (χ1n) is 7.66. The molecule has 1 N–H and O–H groups in total. The van der Waals surface area contributed by atoms with Crippen molar-refractivity contribution in [3.8, 4) is 0 Å². The molecule has 0 fully saturated rings. The summed E-state index contributed by atoms with van der Waals surface area (Å²) in [5.74, 6) is 2.17. The van der Waals surface area contributed by atoms with Crippen LogP contribution < -0.4 is 5.32 Å². The minimum atomic E-state index is 0.277. The van der Waals surface area contributed by atoms with E-state index in [0.717, 1.165) is 36.6 Å². The van der Waals surface area contributed by atoms with Crippen LogP contribution in [0, 0.1) is 19.3 Å². The number of hydrogen-bond donors (Lipinski definition) is 1. The summed E-state index contributed by atoms with van der Waals surface area (Å²) in [4.78, 5) is 0. The Balaban J connectivity index is 1.80. The van der Waals surface area contributed by atoms with Crippen molar-refractivity contribution in [2.45, 2.75) is 53.1 Å². The maximum absolute atomic E-state index is 5.90. The Hall–Kier alpha value is -1.55. The molecule has 114 valence electrons. The smallest absolute Gasteiger partial charge is 0.109 e. The molecule has 4 heteroatoms. The zero-order valence-corrected chi connectivity index (χ0v) is 13.7. The zero-order chi connectivity index (χ0) is 15.2. The Bertz CT molecular complexity index is 651. The summed E-state index contributed by atoms with van der Waals surface area (Å²) in [6, 6.07) is 2.55. The van der Waals surface area contributed by atoms with E-state index in [2.05, 4.69) is 43.4 Å². The van der Waals surface area contributed by atoms with Crippen LogP contribution in [-0.4, -0.2) is 9.78 Å². The number of aryl methyl sites for hydroxylation is 3. The van der Waals surface area contributed by atoms with Crippen molar-refractivity contribution in [1.82, 2.24) is 15.1 Å². The molecule has 3 rings (SSSR count). The highest BCUT2D eigenvalue weighted by atomic mass is 16.3. The molecule has 1 atom stereocenters. The average molecular weight is 287 g/mol. The molecular formula is C17H25N3O. The van der Waals surface area contributed by atoms with Crippen molar-refractivity contribution in [2.75, 3.05) is 0 Å². The second kappa shape index (κ2) is 5.02. The van der Waals surface area contributed by atoms with E-state index < -0.39 is 0 Å². The van der Waals surface area contributed by atoms with Gasteiger partial charge >= 0.3 is 0 Å². The number of fused-ring (bicyclic) bond motifs is 1. The highest BCUT2D eigenvalue weighted by molar-refractivity contribution is 5.29. The fraction of sp³-hybridized carbons (Fsp3) is 0.588. The second-order valence-corrected chi connectivity index (χ2v) is 7.13. The van der Waals surface area contributed by atoms with Gasteiger partial charge in [0.25, 0.3) is 0 Å². The van der Waals surface area contributed by atoms with Crippen molar-refractivity contribution >= 4 is 0 Å². The summed E-state index contributed by atoms with van der Waals surface area (Å²) in [6.45, 7) is 9.59. The third-order valence-electron chi connectivity index (χ3n) is 4.39. The lowest BCUT2D eigenvalue weighted by atomic mass is 9.74. The molecule has 0 saturated carbocycles. The van der Waals surface area contributed by atoms with Gasteiger partial charge in [-0.2, -0.15) is 5.10 Å². The van der Waals surface area contributed by atoms with E-state index in [4.69, 9.17) is 4.42 Å². The monoisotopic (exact) mass is 287 g/mol. The van der Waals surface area contributed by atoms with Gasteiger partial charge in [-0.3, -0.25) is 4.68 Å². The standard InChI is InChI=1S/C17H25N3O/c1-11-6-14-15(7-17(3,4)8-16(14)21-11)18-9-13-10-20(5)19-12(13)2/h6,10,15,18H,7-9H2,1-5H3. The highest BCUT2D eigenvalue weighted by Crippen LogP contribution is 2.42. The molecular weight excluding hydrogens is 262 g/mol. The van der Waals surface area contributed by atoms with Gasteiger partial charge in [0.2, 0.25) is 0 Å². The predicted molar refractivity (Wildman–Crippen MR) is 83.1 cm³/mol. The van der Waals surface area contributed by atoms with Gasteiger partial charge in [-0.05, 0) is 31.7 Å². The largest absolute Gasteiger partial charge is 0.466 e. The minimum absolute atomic E-state index is 0.277. The van der Waals surface area contributed by atoms with Crippen molar-refractivity contribution in [3.63, 3.8) is 0 Å². The molecule has 0 aromatic carbocycles. The number of hydrogen-bond acceptors (Lipinski definition) is 3. The van der Waals surface area contributed by atoms with Crippen molar-refractivity contribution in [3.05, 3.63) is 40.6 Å². The van der Waals surface area contributed by atoms with E-state index in [-0.39, 0.29) is 5.41 Å². The average Bonchev–Trinajstić information content (AvgIpc) is 2.87. The number of nitrogens with zero attached hydrogens (tertiary/aromatic N) is 2. The van der Waals surface area contributed by atoms with Crippen LogP contribution in [-0.2, 0) is 20.0 Å². The Morgan fingerprint density at radius 1 is 1.43 bits per heavy atom. The predicted octanol–water partition coefficient (Wildman–Crippen LogP) is 3.43. The summed E-state index contributed by atoms with van der Waals surface area (Å²) in [5.41, 5.74) is 3.98. The minimum Gasteiger partial charge on any atom is -0.466 e. The molecule has 4 nitrogen and oxygen atoms in total. The zero-order valence-electron chi connectivity index (χ0n) is 13.7. The van der Waals surface area contributed by atoms with E-state index in [1.165, 1.54) is 11.1 Å². The van der Waals surface area contributed by atoms with Crippen LogP contribution in [0.15, 0.2) is 16.7 Å². The maximum atomic E-state index is 5.90. The number of rotatable bonds is 3. The van der Waals surface area contributed by atoms with Crippen LogP contribution in [0.25, 0.3) is 0 Å². The molecule has 0 spiro atoms. The summed E-state index contributed by atoms with van der Waals surface area (Å²) < 4.78 is 7.77. The van der Waals surface area contributed by atoms with E-state index >= 15 is 0 Å². The van der Waals surface area contributed by atoms with E-state index in [1.54, 1.807) is 0 Å². The van der Waals surface area contributed by atoms with Crippen molar-refractivity contribution < 1.29 is 4.42 Å². The Labute approximate surface area is 126 Å². The van der Waals surface area contributed by atoms with Crippen LogP contribution in [0.3, 0.4) is 0 Å². The summed E-state index contributed by atoms with van der Waals surface area (Å²) in [6.07, 6.45) is 4.26. The Morgan fingerprint density at radius 3 is 2.86 bits per heavy atom. The van der Waals surface area contributed by atoms with E-state index in [9.17, 15) is 0 Å². The van der Waals surface area contributed by atoms with Gasteiger partial charge < -0.3 is 9.73 Å². The molecule has 1 aliphatic carbocycles. The first-order valence-corrected chi connectivity index (χ1v) is 7.66. The second-order valence-electron chi connectivity index (χ2n) is 7.13. The maximum Gasteiger partial charge on any atom is 0.109 e. The lowest BCUT2D eigenvalue weighted by Gasteiger charge is -2.34. The van der Waals surface area contributed by atoms with Crippen LogP contribution in [0.4, 0.5) is 0 Å². The molecule has 2 heterocycles. The van der Waals surface area contributed by atoms with Gasteiger partial charge in [0.05, 0.1) is 5.69 Å². The molecule has 1 unspecified atom stereocenters. The first-order chi connectivity index (χ1) is 9.84. The molecule has 21 heavy (non-hydrogen) atoms. The van der Waals surface area contributed by atoms with Gasteiger partial charge in [-0.25, -0.2) is 0 Å². The Kier molecular flexibility index (Phi) is 3.44. The lowest BCUT2D eigenvalue weighted by Crippen LogP contribution is -2.32. The van der Waals surface area contributed by atoms with Crippen LogP contribution in [0.2, 0.25) is 0 Å². The normalized spacial score (nSPS) is 20.5. The molecule has 2 aromatic heterocycles. The van der Waals surface area contributed by atoms with Gasteiger partial charge in [0.1, 0.15) is 11.5 Å². The fourth-order valence-corrected chi connectivity index (χ4v) is 3.42. The number of aromatic nitrogens is 2. The van der Waals surface area contributed by atoms with Gasteiger partial charge in [0.15, 0.2) is 0 Å². The number of furan rings is 1. The number of nitrogens with one attached hydrogen (secondary N) is 1. The lowest BCUT2D eigenvalue weighted by molar-refractivity contribution is 0.233. The summed E-state index contributed by atoms with van der Waals surface area (Å²) in [7, 11) is 1.97. The fourth-order valence-electron chi connectivity index (χ4n) is 3.42. The van der Waals surface area contributed by atoms with E-state index in [1.807, 2.05) is 18.7 Å². The third kappa shape index (κ3) is 2.91. The molecule has 0 radical (unpaired) electrons. The van der Waals surface area contributed by atoms with Crippen LogP contribution in [0.1, 0.15) is 54.7 Å².